The van der Waals surface area contributed by atoms with Crippen LogP contribution in [0.25, 0.3) is 0 Å². The predicted octanol–water partition coefficient (Wildman–Crippen LogP) is 4.23. The summed E-state index contributed by atoms with van der Waals surface area (Å²) in [7, 11) is 0. The maximum atomic E-state index is 12.7. The Kier molecular flexibility index (Phi) is 5.29. The highest BCUT2D eigenvalue weighted by Crippen LogP contribution is 2.25. The van der Waals surface area contributed by atoms with Crippen LogP contribution in [0.5, 0.6) is 5.75 Å². The van der Waals surface area contributed by atoms with Crippen molar-refractivity contribution in [2.24, 2.45) is 0 Å². The van der Waals surface area contributed by atoms with E-state index in [0.717, 1.165) is 16.8 Å². The Hall–Kier alpha value is -2.65. The van der Waals surface area contributed by atoms with Gasteiger partial charge in [0.25, 0.3) is 6.43 Å². The number of amides is 1. The second kappa shape index (κ2) is 7.08. The Balaban J connectivity index is 2.06. The third-order valence-electron chi connectivity index (χ3n) is 3.27. The average Bonchev–Trinajstić information content (AvgIpc) is 2.89. The van der Waals surface area contributed by atoms with E-state index in [9.17, 15) is 26.7 Å². The zero-order chi connectivity index (χ0) is 18.8. The fourth-order valence-corrected chi connectivity index (χ4v) is 2.11. The summed E-state index contributed by atoms with van der Waals surface area (Å²) >= 11 is 0. The second-order valence-electron chi connectivity index (χ2n) is 5.19. The Bertz CT molecular complexity index is 741. The van der Waals surface area contributed by atoms with E-state index in [2.05, 4.69) is 15.2 Å². The Morgan fingerprint density at radius 3 is 2.32 bits per heavy atom. The van der Waals surface area contributed by atoms with Crippen LogP contribution in [0.4, 0.5) is 27.6 Å². The third-order valence-corrected chi connectivity index (χ3v) is 3.27. The lowest BCUT2D eigenvalue weighted by Gasteiger charge is -2.15. The van der Waals surface area contributed by atoms with E-state index >= 15 is 0 Å². The second-order valence-corrected chi connectivity index (χ2v) is 5.19. The number of anilines is 1. The summed E-state index contributed by atoms with van der Waals surface area (Å²) in [6.45, 7) is 3.00. The van der Waals surface area contributed by atoms with Gasteiger partial charge in [-0.25, -0.2) is 8.78 Å². The summed E-state index contributed by atoms with van der Waals surface area (Å²) in [5.74, 6) is -0.987. The fraction of sp³-hybridized carbons (Fsp3) is 0.333. The molecule has 0 bridgehead atoms. The molecule has 0 aliphatic rings. The van der Waals surface area contributed by atoms with Crippen LogP contribution in [-0.2, 0) is 4.79 Å². The van der Waals surface area contributed by atoms with Gasteiger partial charge in [-0.2, -0.15) is 5.10 Å². The molecule has 0 saturated carbocycles. The first-order valence-electron chi connectivity index (χ1n) is 7.07. The lowest BCUT2D eigenvalue weighted by atomic mass is 10.2. The van der Waals surface area contributed by atoms with Crippen molar-refractivity contribution >= 4 is 11.6 Å². The molecule has 0 aliphatic carbocycles. The summed E-state index contributed by atoms with van der Waals surface area (Å²) in [5, 5.41) is 6.16. The highest BCUT2D eigenvalue weighted by atomic mass is 19.4. The molecule has 1 heterocycles. The van der Waals surface area contributed by atoms with Crippen LogP contribution in [0.15, 0.2) is 30.3 Å². The molecule has 0 aliphatic heterocycles. The fourth-order valence-electron chi connectivity index (χ4n) is 2.11. The zero-order valence-corrected chi connectivity index (χ0v) is 13.1. The van der Waals surface area contributed by atoms with E-state index in [0.29, 0.717) is 5.69 Å². The van der Waals surface area contributed by atoms with Gasteiger partial charge in [0.1, 0.15) is 17.5 Å². The van der Waals surface area contributed by atoms with Crippen LogP contribution in [-0.4, -0.2) is 22.1 Å². The summed E-state index contributed by atoms with van der Waals surface area (Å²) in [5.41, 5.74) is 0.169. The van der Waals surface area contributed by atoms with Crippen LogP contribution in [0.3, 0.4) is 0 Å². The number of halogens is 5. The van der Waals surface area contributed by atoms with Gasteiger partial charge in [-0.1, -0.05) is 0 Å². The van der Waals surface area contributed by atoms with Crippen LogP contribution < -0.4 is 10.1 Å². The molecule has 1 atom stereocenters. The molecule has 25 heavy (non-hydrogen) atoms. The highest BCUT2D eigenvalue weighted by molar-refractivity contribution is 5.93. The Morgan fingerprint density at radius 1 is 1.24 bits per heavy atom. The maximum absolute atomic E-state index is 12.7. The number of ether oxygens (including phenoxy) is 1. The van der Waals surface area contributed by atoms with Crippen molar-refractivity contribution in [3.8, 4) is 5.75 Å². The lowest BCUT2D eigenvalue weighted by Crippen LogP contribution is -2.25. The first-order valence-corrected chi connectivity index (χ1v) is 7.07. The quantitative estimate of drug-likeness (QED) is 0.809. The topological polar surface area (TPSA) is 56.2 Å². The molecule has 10 heteroatoms. The predicted molar refractivity (Wildman–Crippen MR) is 78.4 cm³/mol. The zero-order valence-electron chi connectivity index (χ0n) is 13.1. The minimum atomic E-state index is -4.81. The van der Waals surface area contributed by atoms with Crippen LogP contribution in [0, 0.1) is 6.92 Å². The number of carbonyl (C=O) groups is 1. The van der Waals surface area contributed by atoms with Crippen molar-refractivity contribution in [3.05, 3.63) is 41.7 Å². The van der Waals surface area contributed by atoms with Crippen LogP contribution >= 0.6 is 0 Å². The van der Waals surface area contributed by atoms with E-state index < -0.39 is 36.2 Å². The number of hydrogen-bond donors (Lipinski definition) is 1. The molecule has 1 aromatic heterocycles. The van der Waals surface area contributed by atoms with Gasteiger partial charge in [0.15, 0.2) is 0 Å². The van der Waals surface area contributed by atoms with Crippen molar-refractivity contribution in [1.29, 1.82) is 0 Å². The number of alkyl halides is 5. The SMILES string of the molecule is Cc1cc(C(F)F)nn1C(C)C(=O)Nc1ccc(OC(F)(F)F)cc1. The number of aromatic nitrogens is 2. The summed E-state index contributed by atoms with van der Waals surface area (Å²) < 4.78 is 66.5. The van der Waals surface area contributed by atoms with Crippen LogP contribution in [0.1, 0.15) is 30.8 Å². The molecule has 0 fully saturated rings. The number of hydrogen-bond acceptors (Lipinski definition) is 3. The van der Waals surface area contributed by atoms with Crippen LogP contribution in [0.2, 0.25) is 0 Å². The molecule has 136 valence electrons. The maximum Gasteiger partial charge on any atom is 0.573 e. The number of nitrogens with one attached hydrogen (secondary N) is 1. The monoisotopic (exact) mass is 363 g/mol. The van der Waals surface area contributed by atoms with Gasteiger partial charge in [0, 0.05) is 11.4 Å². The summed E-state index contributed by atoms with van der Waals surface area (Å²) in [4.78, 5) is 12.2. The van der Waals surface area contributed by atoms with Gasteiger partial charge < -0.3 is 10.1 Å². The number of nitrogens with zero attached hydrogens (tertiary/aromatic N) is 2. The first-order chi connectivity index (χ1) is 11.6. The van der Waals surface area contributed by atoms with Crippen molar-refractivity contribution < 1.29 is 31.5 Å². The van der Waals surface area contributed by atoms with E-state index in [1.807, 2.05) is 0 Å². The number of rotatable bonds is 5. The normalized spacial score (nSPS) is 13.0. The standard InChI is InChI=1S/C15H14F5N3O2/c1-8-7-12(13(16)17)22-23(8)9(2)14(24)21-10-3-5-11(6-4-10)25-15(18,19)20/h3-7,9,13H,1-2H3,(H,21,24). The molecule has 0 radical (unpaired) electrons. The molecule has 0 spiro atoms. The number of aryl methyl sites for hydroxylation is 1. The molecular formula is C15H14F5N3O2. The van der Waals surface area contributed by atoms with Gasteiger partial charge in [0.2, 0.25) is 5.91 Å². The van der Waals surface area contributed by atoms with E-state index in [-0.39, 0.29) is 5.69 Å². The number of benzene rings is 1. The third kappa shape index (κ3) is 4.91. The van der Waals surface area contributed by atoms with Gasteiger partial charge >= 0.3 is 6.36 Å². The molecule has 1 N–H and O–H groups in total. The molecule has 1 unspecified atom stereocenters. The van der Waals surface area contributed by atoms with Gasteiger partial charge in [-0.3, -0.25) is 9.48 Å². The molecule has 5 nitrogen and oxygen atoms in total. The lowest BCUT2D eigenvalue weighted by molar-refractivity contribution is -0.274. The molecule has 1 aromatic carbocycles. The molecular weight excluding hydrogens is 349 g/mol. The van der Waals surface area contributed by atoms with Gasteiger partial charge in [0.05, 0.1) is 0 Å². The van der Waals surface area contributed by atoms with Crippen molar-refractivity contribution in [1.82, 2.24) is 9.78 Å². The average molecular weight is 363 g/mol. The highest BCUT2D eigenvalue weighted by Gasteiger charge is 2.31. The Labute approximate surface area is 139 Å². The summed E-state index contributed by atoms with van der Waals surface area (Å²) in [6, 6.07) is 4.83. The van der Waals surface area contributed by atoms with Gasteiger partial charge in [-0.05, 0) is 44.2 Å². The smallest absolute Gasteiger partial charge is 0.406 e. The minimum absolute atomic E-state index is 0.227. The number of carbonyl (C=O) groups excluding carboxylic acids is 1. The van der Waals surface area contributed by atoms with Crippen molar-refractivity contribution in [2.75, 3.05) is 5.32 Å². The first kappa shape index (κ1) is 18.7. The molecule has 1 amide bonds. The minimum Gasteiger partial charge on any atom is -0.406 e. The molecule has 2 aromatic rings. The van der Waals surface area contributed by atoms with E-state index in [1.54, 1.807) is 0 Å². The van der Waals surface area contributed by atoms with E-state index in [4.69, 9.17) is 0 Å². The van der Waals surface area contributed by atoms with Crippen molar-refractivity contribution in [2.45, 2.75) is 32.7 Å². The molecule has 2 rings (SSSR count). The van der Waals surface area contributed by atoms with Crippen molar-refractivity contribution in [3.63, 3.8) is 0 Å². The molecule has 0 saturated heterocycles. The van der Waals surface area contributed by atoms with Gasteiger partial charge in [-0.15, -0.1) is 13.2 Å². The summed E-state index contributed by atoms with van der Waals surface area (Å²) in [6.07, 6.45) is -7.56. The van der Waals surface area contributed by atoms with E-state index in [1.165, 1.54) is 32.0 Å². The Morgan fingerprint density at radius 2 is 1.84 bits per heavy atom. The largest absolute Gasteiger partial charge is 0.573 e.